The fourth-order valence-corrected chi connectivity index (χ4v) is 2.98. The average Bonchev–Trinajstić information content (AvgIpc) is 2.98. The Morgan fingerprint density at radius 1 is 1.19 bits per heavy atom. The molecule has 4 heteroatoms. The molecule has 21 heavy (non-hydrogen) atoms. The van der Waals surface area contributed by atoms with E-state index in [1.165, 1.54) is 4.88 Å². The molecule has 1 aromatic carbocycles. The Hall–Kier alpha value is -1.36. The summed E-state index contributed by atoms with van der Waals surface area (Å²) in [6.07, 6.45) is -0.522. The van der Waals surface area contributed by atoms with Gasteiger partial charge in [-0.1, -0.05) is 24.3 Å². The van der Waals surface area contributed by atoms with Crippen molar-refractivity contribution in [3.05, 3.63) is 51.7 Å². The van der Waals surface area contributed by atoms with E-state index in [0.717, 1.165) is 16.9 Å². The van der Waals surface area contributed by atoms with E-state index < -0.39 is 6.10 Å². The number of hydrogen-bond donors (Lipinski definition) is 2. The number of benzene rings is 1. The molecule has 0 aliphatic carbocycles. The second kappa shape index (κ2) is 7.59. The van der Waals surface area contributed by atoms with Crippen LogP contribution in [0.4, 0.5) is 0 Å². The Bertz CT molecular complexity index is 534. The van der Waals surface area contributed by atoms with E-state index in [9.17, 15) is 5.11 Å². The molecular weight excluding hydrogens is 282 g/mol. The summed E-state index contributed by atoms with van der Waals surface area (Å²) >= 11 is 1.72. The van der Waals surface area contributed by atoms with Crippen molar-refractivity contribution in [1.29, 1.82) is 0 Å². The first kappa shape index (κ1) is 16.0. The topological polar surface area (TPSA) is 41.5 Å². The maximum absolute atomic E-state index is 10.1. The third-order valence-corrected chi connectivity index (χ3v) is 4.51. The fourth-order valence-electron chi connectivity index (χ4n) is 2.22. The lowest BCUT2D eigenvalue weighted by molar-refractivity contribution is 0.103. The van der Waals surface area contributed by atoms with Crippen LogP contribution >= 0.6 is 11.3 Å². The minimum absolute atomic E-state index is 0.250. The van der Waals surface area contributed by atoms with Gasteiger partial charge in [0.25, 0.3) is 0 Å². The third-order valence-electron chi connectivity index (χ3n) is 3.46. The summed E-state index contributed by atoms with van der Waals surface area (Å²) in [6.45, 7) is 6.96. The van der Waals surface area contributed by atoms with Gasteiger partial charge in [-0.05, 0) is 43.3 Å². The predicted octanol–water partition coefficient (Wildman–Crippen LogP) is 3.46. The van der Waals surface area contributed by atoms with E-state index in [-0.39, 0.29) is 6.04 Å². The first-order valence-corrected chi connectivity index (χ1v) is 8.09. The molecule has 2 N–H and O–H groups in total. The van der Waals surface area contributed by atoms with E-state index in [4.69, 9.17) is 4.74 Å². The van der Waals surface area contributed by atoms with Crippen LogP contribution in [0.1, 0.15) is 29.0 Å². The largest absolute Gasteiger partial charge is 0.490 e. The Labute approximate surface area is 130 Å². The molecule has 3 nitrogen and oxygen atoms in total. The van der Waals surface area contributed by atoms with Crippen LogP contribution < -0.4 is 10.1 Å². The molecule has 0 saturated heterocycles. The zero-order chi connectivity index (χ0) is 15.2. The molecule has 1 aromatic heterocycles. The van der Waals surface area contributed by atoms with Crippen LogP contribution in [0.25, 0.3) is 0 Å². The molecule has 0 radical (unpaired) electrons. The molecule has 0 aliphatic heterocycles. The Balaban J connectivity index is 1.78. The molecule has 114 valence electrons. The number of aliphatic hydroxyl groups excluding tert-OH is 1. The number of nitrogens with one attached hydrogen (secondary N) is 1. The van der Waals surface area contributed by atoms with Crippen molar-refractivity contribution in [3.8, 4) is 5.75 Å². The molecule has 0 fully saturated rings. The van der Waals surface area contributed by atoms with Gasteiger partial charge in [-0.2, -0.15) is 0 Å². The lowest BCUT2D eigenvalue weighted by Crippen LogP contribution is -2.32. The smallest absolute Gasteiger partial charge is 0.125 e. The minimum Gasteiger partial charge on any atom is -0.490 e. The lowest BCUT2D eigenvalue weighted by atomic mass is 10.1. The van der Waals surface area contributed by atoms with Crippen LogP contribution in [-0.2, 0) is 0 Å². The van der Waals surface area contributed by atoms with E-state index >= 15 is 0 Å². The Morgan fingerprint density at radius 2 is 1.90 bits per heavy atom. The maximum atomic E-state index is 10.1. The van der Waals surface area contributed by atoms with Gasteiger partial charge in [-0.25, -0.2) is 0 Å². The van der Waals surface area contributed by atoms with Crippen LogP contribution in [0.2, 0.25) is 0 Å². The van der Waals surface area contributed by atoms with Gasteiger partial charge in [-0.3, -0.25) is 0 Å². The third kappa shape index (κ3) is 4.56. The van der Waals surface area contributed by atoms with Crippen molar-refractivity contribution in [2.75, 3.05) is 13.2 Å². The first-order valence-electron chi connectivity index (χ1n) is 7.21. The molecule has 0 spiro atoms. The summed E-state index contributed by atoms with van der Waals surface area (Å²) in [5, 5.41) is 15.4. The number of ether oxygens (including phenoxy) is 1. The van der Waals surface area contributed by atoms with Crippen LogP contribution in [0.3, 0.4) is 0 Å². The van der Waals surface area contributed by atoms with Crippen molar-refractivity contribution < 1.29 is 9.84 Å². The lowest BCUT2D eigenvalue weighted by Gasteiger charge is -2.18. The molecular formula is C17H23NO2S. The summed E-state index contributed by atoms with van der Waals surface area (Å²) in [6, 6.07) is 10.4. The van der Waals surface area contributed by atoms with Gasteiger partial charge in [0, 0.05) is 17.5 Å². The highest BCUT2D eigenvalue weighted by atomic mass is 32.1. The Morgan fingerprint density at radius 3 is 2.52 bits per heavy atom. The Kier molecular flexibility index (Phi) is 5.79. The molecule has 1 heterocycles. The van der Waals surface area contributed by atoms with E-state index in [0.29, 0.717) is 13.2 Å². The van der Waals surface area contributed by atoms with Crippen molar-refractivity contribution in [1.82, 2.24) is 5.32 Å². The highest BCUT2D eigenvalue weighted by Crippen LogP contribution is 2.22. The zero-order valence-corrected chi connectivity index (χ0v) is 13.6. The highest BCUT2D eigenvalue weighted by Gasteiger charge is 2.11. The monoisotopic (exact) mass is 305 g/mol. The van der Waals surface area contributed by atoms with Crippen LogP contribution in [-0.4, -0.2) is 24.4 Å². The number of para-hydroxylation sites is 1. The van der Waals surface area contributed by atoms with E-state index in [1.807, 2.05) is 38.1 Å². The summed E-state index contributed by atoms with van der Waals surface area (Å²) in [5.74, 6) is 0.878. The van der Waals surface area contributed by atoms with Crippen LogP contribution in [0.5, 0.6) is 5.75 Å². The van der Waals surface area contributed by atoms with Gasteiger partial charge in [0.2, 0.25) is 0 Å². The minimum atomic E-state index is -0.522. The number of rotatable bonds is 7. The van der Waals surface area contributed by atoms with Gasteiger partial charge < -0.3 is 15.2 Å². The summed E-state index contributed by atoms with van der Waals surface area (Å²) in [5.41, 5.74) is 2.20. The fraction of sp³-hybridized carbons (Fsp3) is 0.412. The number of aliphatic hydroxyl groups is 1. The van der Waals surface area contributed by atoms with Gasteiger partial charge in [0.05, 0.1) is 0 Å². The van der Waals surface area contributed by atoms with Crippen molar-refractivity contribution in [3.63, 3.8) is 0 Å². The maximum Gasteiger partial charge on any atom is 0.125 e. The SMILES string of the molecule is Cc1cccc(C)c1OCC(O)CN[C@@H](C)c1cccs1. The second-order valence-corrected chi connectivity index (χ2v) is 6.31. The predicted molar refractivity (Wildman–Crippen MR) is 88.2 cm³/mol. The van der Waals surface area contributed by atoms with Crippen molar-refractivity contribution in [2.24, 2.45) is 0 Å². The first-order chi connectivity index (χ1) is 10.1. The summed E-state index contributed by atoms with van der Waals surface area (Å²) < 4.78 is 5.76. The normalized spacial score (nSPS) is 13.9. The van der Waals surface area contributed by atoms with Gasteiger partial charge in [-0.15, -0.1) is 11.3 Å². The molecule has 2 atom stereocenters. The zero-order valence-electron chi connectivity index (χ0n) is 12.8. The second-order valence-electron chi connectivity index (χ2n) is 5.33. The molecule has 2 aromatic rings. The number of aryl methyl sites for hydroxylation is 2. The van der Waals surface area contributed by atoms with Gasteiger partial charge in [0.1, 0.15) is 18.5 Å². The van der Waals surface area contributed by atoms with Gasteiger partial charge >= 0.3 is 0 Å². The molecule has 0 amide bonds. The van der Waals surface area contributed by atoms with Crippen LogP contribution in [0.15, 0.2) is 35.7 Å². The van der Waals surface area contributed by atoms with Crippen molar-refractivity contribution in [2.45, 2.75) is 32.9 Å². The van der Waals surface area contributed by atoms with E-state index in [1.54, 1.807) is 11.3 Å². The van der Waals surface area contributed by atoms with Crippen LogP contribution in [0, 0.1) is 13.8 Å². The van der Waals surface area contributed by atoms with Crippen molar-refractivity contribution >= 4 is 11.3 Å². The quantitative estimate of drug-likeness (QED) is 0.823. The summed E-state index contributed by atoms with van der Waals surface area (Å²) in [4.78, 5) is 1.28. The van der Waals surface area contributed by atoms with E-state index in [2.05, 4.69) is 23.7 Å². The number of hydrogen-bond acceptors (Lipinski definition) is 4. The molecule has 1 unspecified atom stereocenters. The van der Waals surface area contributed by atoms with Gasteiger partial charge in [0.15, 0.2) is 0 Å². The molecule has 0 bridgehead atoms. The standard InChI is InChI=1S/C17H23NO2S/c1-12-6-4-7-13(2)17(12)20-11-15(19)10-18-14(3)16-8-5-9-21-16/h4-9,14-15,18-19H,10-11H2,1-3H3/t14-,15?/m0/s1. The molecule has 0 saturated carbocycles. The number of thiophene rings is 1. The average molecular weight is 305 g/mol. The molecule has 0 aliphatic rings. The highest BCUT2D eigenvalue weighted by molar-refractivity contribution is 7.10. The summed E-state index contributed by atoms with van der Waals surface area (Å²) in [7, 11) is 0. The molecule has 2 rings (SSSR count).